The predicted molar refractivity (Wildman–Crippen MR) is 167 cm³/mol. The van der Waals surface area contributed by atoms with Crippen molar-refractivity contribution in [2.75, 3.05) is 31.2 Å². The summed E-state index contributed by atoms with van der Waals surface area (Å²) in [5.41, 5.74) is 5.36. The highest BCUT2D eigenvalue weighted by Gasteiger charge is 2.45. The maximum Gasteiger partial charge on any atom is 0.138 e. The molecule has 4 aromatic heterocycles. The number of H-pyrrole nitrogens is 1. The molecule has 0 amide bonds. The minimum atomic E-state index is -0.335. The standard InChI is InChI=1S/C34H33FN8O2/c35-26-2-3-31(44)23(9-26)18-43-27-10-28(43)20-41(19-27)32-4-1-22(13-37-32)33-24(12-36)14-38-34-29(33)11-30(40-34)25-15-39-42(17-25)16-21-5-7-45-8-6-21/h1-4,9,11,13-15,17,21,27-28,44H,5-8,10,16,18-20H2,(H,38,40). The molecule has 11 heteroatoms. The fourth-order valence-corrected chi connectivity index (χ4v) is 7.15. The molecule has 0 spiro atoms. The Morgan fingerprint density at radius 2 is 1.87 bits per heavy atom. The first kappa shape index (κ1) is 27.7. The lowest BCUT2D eigenvalue weighted by molar-refractivity contribution is -0.00921. The van der Waals surface area contributed by atoms with Crippen molar-refractivity contribution in [1.82, 2.24) is 29.6 Å². The molecule has 10 nitrogen and oxygen atoms in total. The number of benzene rings is 1. The van der Waals surface area contributed by atoms with E-state index in [0.717, 1.165) is 85.7 Å². The zero-order chi connectivity index (χ0) is 30.5. The van der Waals surface area contributed by atoms with E-state index in [-0.39, 0.29) is 11.6 Å². The molecule has 0 radical (unpaired) electrons. The van der Waals surface area contributed by atoms with Crippen LogP contribution < -0.4 is 4.90 Å². The Bertz CT molecular complexity index is 1890. The van der Waals surface area contributed by atoms with Crippen molar-refractivity contribution >= 4 is 16.9 Å². The third kappa shape index (κ3) is 5.20. The van der Waals surface area contributed by atoms with Crippen molar-refractivity contribution in [3.05, 3.63) is 78.1 Å². The SMILES string of the molecule is N#Cc1cnc2[nH]c(-c3cnn(CC4CCOCC4)c3)cc2c1-c1ccc(N2CC3CC(C2)N3Cc2cc(F)ccc2O)nc1. The van der Waals surface area contributed by atoms with E-state index in [1.807, 2.05) is 35.3 Å². The quantitative estimate of drug-likeness (QED) is 0.264. The average molecular weight is 605 g/mol. The first-order chi connectivity index (χ1) is 22.0. The maximum atomic E-state index is 13.8. The fraction of sp³-hybridized carbons (Fsp3) is 0.353. The number of hydrogen-bond donors (Lipinski definition) is 2. The van der Waals surface area contributed by atoms with Crippen LogP contribution in [-0.4, -0.2) is 73.1 Å². The third-order valence-electron chi connectivity index (χ3n) is 9.61. The van der Waals surface area contributed by atoms with E-state index in [1.54, 1.807) is 6.20 Å². The van der Waals surface area contributed by atoms with E-state index in [2.05, 4.69) is 37.1 Å². The van der Waals surface area contributed by atoms with Crippen LogP contribution in [0.15, 0.2) is 61.2 Å². The third-order valence-corrected chi connectivity index (χ3v) is 9.61. The van der Waals surface area contributed by atoms with E-state index in [4.69, 9.17) is 9.72 Å². The summed E-state index contributed by atoms with van der Waals surface area (Å²) in [4.78, 5) is 17.4. The number of rotatable bonds is 7. The molecule has 2 atom stereocenters. The molecule has 2 N–H and O–H groups in total. The van der Waals surface area contributed by atoms with Gasteiger partial charge in [0, 0.05) is 97.7 Å². The lowest BCUT2D eigenvalue weighted by Gasteiger charge is -2.56. The fourth-order valence-electron chi connectivity index (χ4n) is 7.15. The Labute approximate surface area is 259 Å². The molecule has 1 aromatic carbocycles. The number of aromatic nitrogens is 5. The highest BCUT2D eigenvalue weighted by Crippen LogP contribution is 2.38. The highest BCUT2D eigenvalue weighted by atomic mass is 19.1. The van der Waals surface area contributed by atoms with E-state index in [0.29, 0.717) is 41.3 Å². The number of nitrogens with one attached hydrogen (secondary N) is 1. The molecule has 0 aliphatic carbocycles. The normalized spacial score (nSPS) is 20.3. The van der Waals surface area contributed by atoms with Gasteiger partial charge in [0.2, 0.25) is 0 Å². The number of aromatic hydroxyl groups is 1. The molecule has 45 heavy (non-hydrogen) atoms. The number of piperidine rings is 1. The Morgan fingerprint density at radius 3 is 2.64 bits per heavy atom. The number of pyridine rings is 2. The summed E-state index contributed by atoms with van der Waals surface area (Å²) in [6.07, 6.45) is 10.6. The van der Waals surface area contributed by atoms with Gasteiger partial charge in [-0.1, -0.05) is 0 Å². The molecule has 9 rings (SSSR count). The summed E-state index contributed by atoms with van der Waals surface area (Å²) in [5.74, 6) is 1.25. The molecule has 4 aliphatic heterocycles. The highest BCUT2D eigenvalue weighted by molar-refractivity contribution is 5.98. The largest absolute Gasteiger partial charge is 0.508 e. The van der Waals surface area contributed by atoms with Crippen LogP contribution in [0.5, 0.6) is 5.75 Å². The number of anilines is 1. The number of nitrogens with zero attached hydrogens (tertiary/aromatic N) is 7. The molecule has 0 saturated carbocycles. The zero-order valence-electron chi connectivity index (χ0n) is 24.7. The molecule has 4 saturated heterocycles. The van der Waals surface area contributed by atoms with Crippen LogP contribution in [0.4, 0.5) is 10.2 Å². The molecule has 2 bridgehead atoms. The molecular weight excluding hydrogens is 571 g/mol. The van der Waals surface area contributed by atoms with Crippen molar-refractivity contribution in [1.29, 1.82) is 5.26 Å². The predicted octanol–water partition coefficient (Wildman–Crippen LogP) is 5.09. The van der Waals surface area contributed by atoms with Gasteiger partial charge < -0.3 is 19.7 Å². The van der Waals surface area contributed by atoms with Crippen molar-refractivity contribution in [3.63, 3.8) is 0 Å². The lowest BCUT2D eigenvalue weighted by Crippen LogP contribution is -2.68. The second-order valence-electron chi connectivity index (χ2n) is 12.4. The first-order valence-corrected chi connectivity index (χ1v) is 15.5. The van der Waals surface area contributed by atoms with E-state index < -0.39 is 0 Å². The summed E-state index contributed by atoms with van der Waals surface area (Å²) < 4.78 is 21.3. The Morgan fingerprint density at radius 1 is 1.02 bits per heavy atom. The number of piperazine rings is 1. The van der Waals surface area contributed by atoms with Gasteiger partial charge in [0.05, 0.1) is 17.5 Å². The topological polar surface area (TPSA) is 119 Å². The minimum Gasteiger partial charge on any atom is -0.508 e. The van der Waals surface area contributed by atoms with Crippen LogP contribution in [0.1, 0.15) is 30.4 Å². The molecule has 2 unspecified atom stereocenters. The Hall–Kier alpha value is -4.79. The van der Waals surface area contributed by atoms with E-state index in [9.17, 15) is 14.8 Å². The van der Waals surface area contributed by atoms with Crippen LogP contribution >= 0.6 is 0 Å². The first-order valence-electron chi connectivity index (χ1n) is 15.5. The Balaban J connectivity index is 1.00. The van der Waals surface area contributed by atoms with E-state index >= 15 is 0 Å². The van der Waals surface area contributed by atoms with Crippen LogP contribution in [0.25, 0.3) is 33.4 Å². The zero-order valence-corrected chi connectivity index (χ0v) is 24.7. The summed E-state index contributed by atoms with van der Waals surface area (Å²) in [5, 5.41) is 25.6. The van der Waals surface area contributed by atoms with Gasteiger partial charge >= 0.3 is 0 Å². The number of nitriles is 1. The number of aromatic amines is 1. The summed E-state index contributed by atoms with van der Waals surface area (Å²) in [7, 11) is 0. The number of fused-ring (bicyclic) bond motifs is 3. The van der Waals surface area contributed by atoms with Crippen LogP contribution in [-0.2, 0) is 17.8 Å². The van der Waals surface area contributed by atoms with Crippen LogP contribution in [0, 0.1) is 23.1 Å². The van der Waals surface area contributed by atoms with Crippen LogP contribution in [0.2, 0.25) is 0 Å². The van der Waals surface area contributed by atoms with Gasteiger partial charge in [-0.3, -0.25) is 9.58 Å². The average Bonchev–Trinajstić information content (AvgIpc) is 3.72. The van der Waals surface area contributed by atoms with Gasteiger partial charge in [0.1, 0.15) is 29.1 Å². The number of phenolic OH excluding ortho intramolecular Hbond substituents is 1. The summed E-state index contributed by atoms with van der Waals surface area (Å²) in [6.45, 7) is 4.65. The van der Waals surface area contributed by atoms with Gasteiger partial charge in [-0.2, -0.15) is 10.4 Å². The molecule has 228 valence electrons. The molecule has 4 aliphatic rings. The molecule has 5 aromatic rings. The van der Waals surface area contributed by atoms with Gasteiger partial charge in [-0.05, 0) is 61.6 Å². The van der Waals surface area contributed by atoms with Crippen molar-refractivity contribution in [2.24, 2.45) is 5.92 Å². The number of phenols is 1. The van der Waals surface area contributed by atoms with Gasteiger partial charge in [0.25, 0.3) is 0 Å². The smallest absolute Gasteiger partial charge is 0.138 e. The molecule has 8 heterocycles. The number of ether oxygens (including phenoxy) is 1. The lowest BCUT2D eigenvalue weighted by atomic mass is 9.86. The minimum absolute atomic E-state index is 0.132. The maximum absolute atomic E-state index is 13.8. The second-order valence-corrected chi connectivity index (χ2v) is 12.4. The monoisotopic (exact) mass is 604 g/mol. The molecular formula is C34H33FN8O2. The van der Waals surface area contributed by atoms with Gasteiger partial charge in [0.15, 0.2) is 0 Å². The number of hydrogen-bond acceptors (Lipinski definition) is 8. The van der Waals surface area contributed by atoms with E-state index in [1.165, 1.54) is 18.2 Å². The van der Waals surface area contributed by atoms with Crippen molar-refractivity contribution in [2.45, 2.75) is 44.4 Å². The van der Waals surface area contributed by atoms with Crippen molar-refractivity contribution in [3.8, 4) is 34.2 Å². The van der Waals surface area contributed by atoms with Crippen molar-refractivity contribution < 1.29 is 14.2 Å². The van der Waals surface area contributed by atoms with Gasteiger partial charge in [-0.25, -0.2) is 14.4 Å². The van der Waals surface area contributed by atoms with Gasteiger partial charge in [-0.15, -0.1) is 0 Å². The molecule has 4 fully saturated rings. The Kier molecular flexibility index (Phi) is 6.96. The van der Waals surface area contributed by atoms with Crippen LogP contribution in [0.3, 0.4) is 0 Å². The number of halogens is 1. The summed E-state index contributed by atoms with van der Waals surface area (Å²) in [6, 6.07) is 13.2. The summed E-state index contributed by atoms with van der Waals surface area (Å²) >= 11 is 0. The second kappa shape index (κ2) is 11.3.